The highest BCUT2D eigenvalue weighted by atomic mass is 35.5. The smallest absolute Gasteiger partial charge is 0.327 e. The molecule has 0 aromatic heterocycles. The number of carboxylic acid groups (broad SMARTS) is 1. The van der Waals surface area contributed by atoms with Gasteiger partial charge in [-0.15, -0.1) is 11.8 Å². The lowest BCUT2D eigenvalue weighted by molar-refractivity contribution is -0.140. The van der Waals surface area contributed by atoms with E-state index < -0.39 is 29.8 Å². The molecule has 2 atom stereocenters. The number of carboxylic acids is 1. The molecule has 1 amide bonds. The largest absolute Gasteiger partial charge is 0.480 e. The first-order valence-corrected chi connectivity index (χ1v) is 12.3. The fourth-order valence-corrected chi connectivity index (χ4v) is 5.31. The van der Waals surface area contributed by atoms with E-state index in [1.54, 1.807) is 42.5 Å². The molecule has 2 unspecified atom stereocenters. The predicted octanol–water partition coefficient (Wildman–Crippen LogP) is 6.55. The minimum atomic E-state index is -1.09. The molecule has 0 bridgehead atoms. The van der Waals surface area contributed by atoms with E-state index in [1.807, 2.05) is 0 Å². The maximum Gasteiger partial charge on any atom is 0.327 e. The lowest BCUT2D eigenvalue weighted by Crippen LogP contribution is -2.41. The van der Waals surface area contributed by atoms with Crippen LogP contribution in [0, 0.1) is 5.82 Å². The quantitative estimate of drug-likeness (QED) is 0.384. The number of carbonyl (C=O) groups is 2. The number of nitrogens with zero attached hydrogens (tertiary/aromatic N) is 1. The van der Waals surface area contributed by atoms with Crippen molar-refractivity contribution in [2.75, 3.05) is 11.6 Å². The zero-order valence-corrected chi connectivity index (χ0v) is 20.5. The van der Waals surface area contributed by atoms with Crippen molar-refractivity contribution >= 4 is 58.4 Å². The first-order valence-electron chi connectivity index (χ1n) is 10.0. The van der Waals surface area contributed by atoms with E-state index in [-0.39, 0.29) is 22.9 Å². The second-order valence-corrected chi connectivity index (χ2v) is 9.77. The molecular formula is C24H17Cl3FNO4S. The van der Waals surface area contributed by atoms with E-state index in [0.717, 1.165) is 6.07 Å². The third kappa shape index (κ3) is 5.28. The second kappa shape index (κ2) is 10.4. The zero-order valence-electron chi connectivity index (χ0n) is 17.4. The number of halogens is 4. The summed E-state index contributed by atoms with van der Waals surface area (Å²) < 4.78 is 21.1. The molecule has 1 aliphatic heterocycles. The van der Waals surface area contributed by atoms with E-state index in [9.17, 15) is 14.7 Å². The molecule has 1 saturated heterocycles. The molecule has 1 aliphatic rings. The molecule has 0 spiro atoms. The van der Waals surface area contributed by atoms with Crippen molar-refractivity contribution < 1.29 is 23.8 Å². The van der Waals surface area contributed by atoms with Crippen LogP contribution in [0.25, 0.3) is 0 Å². The number of ether oxygens (including phenoxy) is 1. The Kier molecular flexibility index (Phi) is 7.57. The molecule has 1 N–H and O–H groups in total. The SMILES string of the molecule is O=C(O)C1CSCN1C(=O)c1ccc(OC(c2ccc(Cl)cc2)c2ccc(Cl)cc2Cl)c(F)c1. The van der Waals surface area contributed by atoms with E-state index in [2.05, 4.69) is 0 Å². The van der Waals surface area contributed by atoms with Crippen LogP contribution in [-0.4, -0.2) is 39.6 Å². The Morgan fingerprint density at radius 2 is 1.74 bits per heavy atom. The van der Waals surface area contributed by atoms with Crippen molar-refractivity contribution in [2.24, 2.45) is 0 Å². The van der Waals surface area contributed by atoms with E-state index >= 15 is 4.39 Å². The van der Waals surface area contributed by atoms with Gasteiger partial charge in [0.1, 0.15) is 6.04 Å². The van der Waals surface area contributed by atoms with Crippen LogP contribution in [-0.2, 0) is 4.79 Å². The Labute approximate surface area is 214 Å². The molecule has 0 saturated carbocycles. The highest BCUT2D eigenvalue weighted by Gasteiger charge is 2.35. The number of aliphatic carboxylic acids is 1. The summed E-state index contributed by atoms with van der Waals surface area (Å²) in [7, 11) is 0. The van der Waals surface area contributed by atoms with Gasteiger partial charge in [0.05, 0.1) is 5.88 Å². The number of benzene rings is 3. The maximum absolute atomic E-state index is 15.1. The average Bonchev–Trinajstić information content (AvgIpc) is 3.29. The molecule has 5 nitrogen and oxygen atoms in total. The van der Waals surface area contributed by atoms with Crippen LogP contribution in [0.5, 0.6) is 5.75 Å². The number of amides is 1. The molecule has 3 aromatic rings. The molecule has 4 rings (SSSR count). The minimum absolute atomic E-state index is 0.0335. The van der Waals surface area contributed by atoms with Crippen LogP contribution in [0.3, 0.4) is 0 Å². The van der Waals surface area contributed by atoms with E-state index in [4.69, 9.17) is 39.5 Å². The average molecular weight is 541 g/mol. The van der Waals surface area contributed by atoms with Gasteiger partial charge < -0.3 is 14.7 Å². The van der Waals surface area contributed by atoms with Crippen molar-refractivity contribution in [3.8, 4) is 5.75 Å². The summed E-state index contributed by atoms with van der Waals surface area (Å²) in [6.07, 6.45) is -0.788. The first kappa shape index (κ1) is 24.7. The van der Waals surface area contributed by atoms with Gasteiger partial charge in [-0.1, -0.05) is 53.0 Å². The summed E-state index contributed by atoms with van der Waals surface area (Å²) in [5.41, 5.74) is 1.27. The number of carbonyl (C=O) groups excluding carboxylic acids is 1. The molecule has 34 heavy (non-hydrogen) atoms. The molecule has 0 aliphatic carbocycles. The lowest BCUT2D eigenvalue weighted by atomic mass is 10.0. The molecular weight excluding hydrogens is 524 g/mol. The summed E-state index contributed by atoms with van der Waals surface area (Å²) in [6.45, 7) is 0. The summed E-state index contributed by atoms with van der Waals surface area (Å²) in [4.78, 5) is 25.4. The van der Waals surface area contributed by atoms with Crippen LogP contribution >= 0.6 is 46.6 Å². The van der Waals surface area contributed by atoms with Crippen molar-refractivity contribution in [3.05, 3.63) is 98.2 Å². The number of thioether (sulfide) groups is 1. The van der Waals surface area contributed by atoms with Gasteiger partial charge in [0, 0.05) is 31.9 Å². The van der Waals surface area contributed by atoms with Gasteiger partial charge in [-0.05, 0) is 48.0 Å². The third-order valence-corrected chi connectivity index (χ3v) is 7.10. The van der Waals surface area contributed by atoms with Crippen LogP contribution < -0.4 is 4.74 Å². The summed E-state index contributed by atoms with van der Waals surface area (Å²) >= 11 is 19.8. The molecule has 1 fully saturated rings. The molecule has 0 radical (unpaired) electrons. The standard InChI is InChI=1S/C24H17Cl3FNO4S/c25-15-4-1-13(2-5-15)22(17-7-6-16(26)10-18(17)27)33-21-8-3-14(9-19(21)28)23(30)29-12-34-11-20(29)24(31)32/h1-10,20,22H,11-12H2,(H,31,32). The molecule has 1 heterocycles. The number of rotatable bonds is 6. The highest BCUT2D eigenvalue weighted by Crippen LogP contribution is 2.36. The van der Waals surface area contributed by atoms with E-state index in [1.165, 1.54) is 28.8 Å². The van der Waals surface area contributed by atoms with Crippen molar-refractivity contribution in [1.82, 2.24) is 4.90 Å². The zero-order chi connectivity index (χ0) is 24.4. The topological polar surface area (TPSA) is 66.8 Å². The first-order chi connectivity index (χ1) is 16.2. The summed E-state index contributed by atoms with van der Waals surface area (Å²) in [5.74, 6) is -2.01. The third-order valence-electron chi connectivity index (χ3n) is 5.27. The monoisotopic (exact) mass is 539 g/mol. The van der Waals surface area contributed by atoms with Crippen molar-refractivity contribution in [2.45, 2.75) is 12.1 Å². The van der Waals surface area contributed by atoms with Crippen LogP contribution in [0.15, 0.2) is 60.7 Å². The molecule has 10 heteroatoms. The Balaban J connectivity index is 1.65. The number of hydrogen-bond acceptors (Lipinski definition) is 4. The number of hydrogen-bond donors (Lipinski definition) is 1. The highest BCUT2D eigenvalue weighted by molar-refractivity contribution is 7.99. The van der Waals surface area contributed by atoms with Gasteiger partial charge in [-0.3, -0.25) is 4.79 Å². The van der Waals surface area contributed by atoms with Gasteiger partial charge in [-0.25, -0.2) is 9.18 Å². The molecule has 3 aromatic carbocycles. The van der Waals surface area contributed by atoms with Crippen LogP contribution in [0.2, 0.25) is 15.1 Å². The van der Waals surface area contributed by atoms with Crippen LogP contribution in [0.4, 0.5) is 4.39 Å². The molecule has 176 valence electrons. The van der Waals surface area contributed by atoms with Gasteiger partial charge in [0.25, 0.3) is 5.91 Å². The second-order valence-electron chi connectivity index (χ2n) is 7.49. The van der Waals surface area contributed by atoms with Crippen LogP contribution in [0.1, 0.15) is 27.6 Å². The Morgan fingerprint density at radius 1 is 1.03 bits per heavy atom. The van der Waals surface area contributed by atoms with Gasteiger partial charge >= 0.3 is 5.97 Å². The minimum Gasteiger partial charge on any atom is -0.480 e. The fraction of sp³-hybridized carbons (Fsp3) is 0.167. The van der Waals surface area contributed by atoms with Gasteiger partial charge in [-0.2, -0.15) is 0 Å². The van der Waals surface area contributed by atoms with Gasteiger partial charge in [0.2, 0.25) is 0 Å². The Bertz CT molecular complexity index is 1240. The Hall–Kier alpha value is -2.45. The Morgan fingerprint density at radius 3 is 2.38 bits per heavy atom. The fourth-order valence-electron chi connectivity index (χ4n) is 3.53. The van der Waals surface area contributed by atoms with Crippen molar-refractivity contribution in [3.63, 3.8) is 0 Å². The van der Waals surface area contributed by atoms with Crippen molar-refractivity contribution in [1.29, 1.82) is 0 Å². The van der Waals surface area contributed by atoms with E-state index in [0.29, 0.717) is 26.2 Å². The van der Waals surface area contributed by atoms with Gasteiger partial charge in [0.15, 0.2) is 17.7 Å². The summed E-state index contributed by atoms with van der Waals surface area (Å²) in [6, 6.07) is 14.6. The summed E-state index contributed by atoms with van der Waals surface area (Å²) in [5, 5.41) is 10.6. The lowest BCUT2D eigenvalue weighted by Gasteiger charge is -2.23. The maximum atomic E-state index is 15.1. The predicted molar refractivity (Wildman–Crippen MR) is 132 cm³/mol. The normalized spacial score (nSPS) is 16.4.